The fraction of sp³-hybridized carbons (Fsp3) is 0.588. The van der Waals surface area contributed by atoms with Gasteiger partial charge in [-0.2, -0.15) is 0 Å². The number of aliphatic hydroxyl groups is 1. The summed E-state index contributed by atoms with van der Waals surface area (Å²) in [6.07, 6.45) is 1.08. The van der Waals surface area contributed by atoms with Gasteiger partial charge in [0.2, 0.25) is 0 Å². The molecule has 0 saturated heterocycles. The number of hydrogen-bond acceptors (Lipinski definition) is 3. The first-order valence-corrected chi connectivity index (χ1v) is 7.81. The average molecular weight is 308 g/mol. The van der Waals surface area contributed by atoms with E-state index in [1.54, 1.807) is 7.11 Å². The third kappa shape index (κ3) is 5.93. The van der Waals surface area contributed by atoms with Crippen LogP contribution in [-0.4, -0.2) is 37.4 Å². The topological polar surface area (TPSA) is 70.6 Å². The van der Waals surface area contributed by atoms with Crippen LogP contribution in [0.25, 0.3) is 0 Å². The molecule has 0 bridgehead atoms. The highest BCUT2D eigenvalue weighted by Gasteiger charge is 2.13. The monoisotopic (exact) mass is 308 g/mol. The first-order valence-electron chi connectivity index (χ1n) is 7.81. The Morgan fingerprint density at radius 3 is 2.73 bits per heavy atom. The van der Waals surface area contributed by atoms with Crippen LogP contribution in [0.4, 0.5) is 4.79 Å². The van der Waals surface area contributed by atoms with Gasteiger partial charge in [-0.05, 0) is 30.9 Å². The van der Waals surface area contributed by atoms with Crippen molar-refractivity contribution in [1.82, 2.24) is 10.6 Å². The van der Waals surface area contributed by atoms with Gasteiger partial charge in [0.25, 0.3) is 0 Å². The minimum absolute atomic E-state index is 0.178. The summed E-state index contributed by atoms with van der Waals surface area (Å²) in [5.74, 6) is 1.01. The highest BCUT2D eigenvalue weighted by Crippen LogP contribution is 2.19. The summed E-state index contributed by atoms with van der Waals surface area (Å²) >= 11 is 0. The van der Waals surface area contributed by atoms with E-state index >= 15 is 0 Å². The SMILES string of the molecule is CCC(C)C(O)CNC(=O)NCCc1cc(C)ccc1OC. The minimum atomic E-state index is -0.507. The Bertz CT molecular complexity index is 477. The van der Waals surface area contributed by atoms with Gasteiger partial charge in [0, 0.05) is 13.1 Å². The standard InChI is InChI=1S/C17H28N2O3/c1-5-13(3)15(20)11-19-17(21)18-9-8-14-10-12(2)6-7-16(14)22-4/h6-7,10,13,15,20H,5,8-9,11H2,1-4H3,(H2,18,19,21). The maximum absolute atomic E-state index is 11.7. The summed E-state index contributed by atoms with van der Waals surface area (Å²) in [4.78, 5) is 11.7. The van der Waals surface area contributed by atoms with Gasteiger partial charge in [-0.1, -0.05) is 38.0 Å². The van der Waals surface area contributed by atoms with Gasteiger partial charge in [0.1, 0.15) is 5.75 Å². The number of carbonyl (C=O) groups is 1. The third-order valence-electron chi connectivity index (χ3n) is 3.89. The van der Waals surface area contributed by atoms with Gasteiger partial charge in [-0.3, -0.25) is 0 Å². The highest BCUT2D eigenvalue weighted by molar-refractivity contribution is 5.73. The summed E-state index contributed by atoms with van der Waals surface area (Å²) in [5.41, 5.74) is 2.24. The van der Waals surface area contributed by atoms with Crippen LogP contribution in [0, 0.1) is 12.8 Å². The molecule has 0 aromatic heterocycles. The largest absolute Gasteiger partial charge is 0.496 e. The first-order chi connectivity index (χ1) is 10.5. The smallest absolute Gasteiger partial charge is 0.314 e. The molecule has 1 aromatic rings. The van der Waals surface area contributed by atoms with Crippen LogP contribution in [0.5, 0.6) is 5.75 Å². The van der Waals surface area contributed by atoms with Crippen molar-refractivity contribution in [2.24, 2.45) is 5.92 Å². The molecule has 124 valence electrons. The third-order valence-corrected chi connectivity index (χ3v) is 3.89. The quantitative estimate of drug-likeness (QED) is 0.690. The number of methoxy groups -OCH3 is 1. The van der Waals surface area contributed by atoms with Crippen molar-refractivity contribution < 1.29 is 14.6 Å². The van der Waals surface area contributed by atoms with Crippen molar-refractivity contribution in [3.05, 3.63) is 29.3 Å². The van der Waals surface area contributed by atoms with Crippen molar-refractivity contribution in [2.75, 3.05) is 20.2 Å². The van der Waals surface area contributed by atoms with Gasteiger partial charge in [-0.25, -0.2) is 4.79 Å². The summed E-state index contributed by atoms with van der Waals surface area (Å²) < 4.78 is 5.31. The molecule has 0 saturated carbocycles. The first kappa shape index (κ1) is 18.3. The van der Waals surface area contributed by atoms with E-state index in [1.807, 2.05) is 32.9 Å². The van der Waals surface area contributed by atoms with E-state index in [0.29, 0.717) is 13.0 Å². The molecule has 0 aliphatic rings. The predicted molar refractivity (Wildman–Crippen MR) is 88.3 cm³/mol. The molecule has 2 amide bonds. The summed E-state index contributed by atoms with van der Waals surface area (Å²) in [6.45, 7) is 6.80. The second-order valence-corrected chi connectivity index (χ2v) is 5.65. The summed E-state index contributed by atoms with van der Waals surface area (Å²) in [7, 11) is 1.64. The van der Waals surface area contributed by atoms with Crippen LogP contribution < -0.4 is 15.4 Å². The molecule has 5 nitrogen and oxygen atoms in total. The Hall–Kier alpha value is -1.75. The Morgan fingerprint density at radius 1 is 1.36 bits per heavy atom. The number of nitrogens with one attached hydrogen (secondary N) is 2. The lowest BCUT2D eigenvalue weighted by Crippen LogP contribution is -2.42. The second kappa shape index (κ2) is 9.30. The normalized spacial score (nSPS) is 13.3. The lowest BCUT2D eigenvalue weighted by atomic mass is 10.0. The van der Waals surface area contributed by atoms with Crippen LogP contribution in [-0.2, 0) is 6.42 Å². The van der Waals surface area contributed by atoms with E-state index in [0.717, 1.165) is 23.3 Å². The molecule has 1 rings (SSSR count). The molecule has 0 heterocycles. The Labute approximate surface area is 133 Å². The van der Waals surface area contributed by atoms with Gasteiger partial charge < -0.3 is 20.5 Å². The Kier molecular flexibility index (Phi) is 7.74. The zero-order valence-corrected chi connectivity index (χ0v) is 14.0. The fourth-order valence-electron chi connectivity index (χ4n) is 2.15. The van der Waals surface area contributed by atoms with E-state index in [9.17, 15) is 9.90 Å². The molecule has 22 heavy (non-hydrogen) atoms. The van der Waals surface area contributed by atoms with Gasteiger partial charge in [0.05, 0.1) is 13.2 Å². The lowest BCUT2D eigenvalue weighted by Gasteiger charge is -2.17. The molecule has 1 aromatic carbocycles. The molecule has 0 fully saturated rings. The maximum atomic E-state index is 11.7. The van der Waals surface area contributed by atoms with E-state index in [2.05, 4.69) is 16.7 Å². The number of amides is 2. The second-order valence-electron chi connectivity index (χ2n) is 5.65. The number of carbonyl (C=O) groups excluding carboxylic acids is 1. The van der Waals surface area contributed by atoms with Crippen molar-refractivity contribution in [1.29, 1.82) is 0 Å². The predicted octanol–water partition coefficient (Wildman–Crippen LogP) is 2.25. The number of ether oxygens (including phenoxy) is 1. The molecule has 0 radical (unpaired) electrons. The molecule has 2 atom stereocenters. The van der Waals surface area contributed by atoms with Crippen molar-refractivity contribution >= 4 is 6.03 Å². The number of aliphatic hydroxyl groups excluding tert-OH is 1. The van der Waals surface area contributed by atoms with Crippen LogP contribution >= 0.6 is 0 Å². The number of aryl methyl sites for hydroxylation is 1. The lowest BCUT2D eigenvalue weighted by molar-refractivity contribution is 0.114. The van der Waals surface area contributed by atoms with E-state index in [-0.39, 0.29) is 18.5 Å². The summed E-state index contributed by atoms with van der Waals surface area (Å²) in [6, 6.07) is 5.74. The number of urea groups is 1. The fourth-order valence-corrected chi connectivity index (χ4v) is 2.15. The maximum Gasteiger partial charge on any atom is 0.314 e. The molecular weight excluding hydrogens is 280 g/mol. The number of hydrogen-bond donors (Lipinski definition) is 3. The minimum Gasteiger partial charge on any atom is -0.496 e. The van der Waals surface area contributed by atoms with Crippen molar-refractivity contribution in [3.63, 3.8) is 0 Å². The van der Waals surface area contributed by atoms with E-state index in [1.165, 1.54) is 0 Å². The molecule has 0 aliphatic carbocycles. The summed E-state index contributed by atoms with van der Waals surface area (Å²) in [5, 5.41) is 15.3. The Morgan fingerprint density at radius 2 is 2.09 bits per heavy atom. The number of benzene rings is 1. The van der Waals surface area contributed by atoms with Crippen molar-refractivity contribution in [2.45, 2.75) is 39.7 Å². The molecule has 0 spiro atoms. The van der Waals surface area contributed by atoms with Crippen LogP contribution in [0.1, 0.15) is 31.4 Å². The van der Waals surface area contributed by atoms with Crippen LogP contribution in [0.15, 0.2) is 18.2 Å². The average Bonchev–Trinajstić information content (AvgIpc) is 2.52. The highest BCUT2D eigenvalue weighted by atomic mass is 16.5. The molecule has 5 heteroatoms. The molecule has 2 unspecified atom stereocenters. The van der Waals surface area contributed by atoms with Gasteiger partial charge in [-0.15, -0.1) is 0 Å². The van der Waals surface area contributed by atoms with Gasteiger partial charge in [0.15, 0.2) is 0 Å². The van der Waals surface area contributed by atoms with E-state index in [4.69, 9.17) is 4.74 Å². The molecule has 3 N–H and O–H groups in total. The van der Waals surface area contributed by atoms with Gasteiger partial charge >= 0.3 is 6.03 Å². The van der Waals surface area contributed by atoms with E-state index < -0.39 is 6.10 Å². The van der Waals surface area contributed by atoms with Crippen LogP contribution in [0.3, 0.4) is 0 Å². The number of rotatable bonds is 8. The zero-order valence-electron chi connectivity index (χ0n) is 14.0. The van der Waals surface area contributed by atoms with Crippen molar-refractivity contribution in [3.8, 4) is 5.75 Å². The Balaban J connectivity index is 2.35. The molecule has 0 aliphatic heterocycles. The zero-order chi connectivity index (χ0) is 16.5. The van der Waals surface area contributed by atoms with Crippen LogP contribution in [0.2, 0.25) is 0 Å². The molecular formula is C17H28N2O3.